The summed E-state index contributed by atoms with van der Waals surface area (Å²) in [5, 5.41) is 19.3. The van der Waals surface area contributed by atoms with E-state index in [1.807, 2.05) is 36.4 Å². The van der Waals surface area contributed by atoms with E-state index in [4.69, 9.17) is 11.0 Å². The van der Waals surface area contributed by atoms with E-state index < -0.39 is 12.1 Å². The zero-order valence-corrected chi connectivity index (χ0v) is 11.8. The van der Waals surface area contributed by atoms with Crippen molar-refractivity contribution in [1.82, 2.24) is 0 Å². The summed E-state index contributed by atoms with van der Waals surface area (Å²) < 4.78 is 0. The van der Waals surface area contributed by atoms with Crippen molar-refractivity contribution in [1.29, 1.82) is 5.26 Å². The normalized spacial score (nSPS) is 12.8. The van der Waals surface area contributed by atoms with Gasteiger partial charge in [-0.05, 0) is 17.2 Å². The van der Waals surface area contributed by atoms with Crippen LogP contribution in [0.15, 0.2) is 54.6 Å². The van der Waals surface area contributed by atoms with E-state index in [1.165, 1.54) is 0 Å². The molecule has 0 aliphatic carbocycles. The Kier molecular flexibility index (Phi) is 6.20. The number of halogens is 1. The molecule has 0 aliphatic rings. The van der Waals surface area contributed by atoms with Crippen molar-refractivity contribution >= 4 is 12.4 Å². The molecular formula is C16H17ClN2O. The molecule has 0 fully saturated rings. The Morgan fingerprint density at radius 3 is 2.30 bits per heavy atom. The van der Waals surface area contributed by atoms with Crippen LogP contribution in [-0.2, 0) is 6.42 Å². The first kappa shape index (κ1) is 16.2. The summed E-state index contributed by atoms with van der Waals surface area (Å²) >= 11 is 0. The van der Waals surface area contributed by atoms with Crippen LogP contribution in [0, 0.1) is 11.3 Å². The molecule has 20 heavy (non-hydrogen) atoms. The van der Waals surface area contributed by atoms with Gasteiger partial charge in [-0.15, -0.1) is 12.4 Å². The molecule has 0 saturated heterocycles. The predicted molar refractivity (Wildman–Crippen MR) is 81.5 cm³/mol. The van der Waals surface area contributed by atoms with Crippen LogP contribution in [0.25, 0.3) is 0 Å². The second-order valence-corrected chi connectivity index (χ2v) is 4.48. The van der Waals surface area contributed by atoms with Gasteiger partial charge in [0.25, 0.3) is 0 Å². The minimum absolute atomic E-state index is 0. The van der Waals surface area contributed by atoms with Crippen LogP contribution < -0.4 is 5.73 Å². The summed E-state index contributed by atoms with van der Waals surface area (Å²) in [5.74, 6) is 0. The molecule has 104 valence electrons. The van der Waals surface area contributed by atoms with Crippen molar-refractivity contribution in [3.63, 3.8) is 0 Å². The Labute approximate surface area is 125 Å². The van der Waals surface area contributed by atoms with E-state index >= 15 is 0 Å². The zero-order valence-electron chi connectivity index (χ0n) is 10.9. The molecule has 4 heteroatoms. The molecule has 0 amide bonds. The summed E-state index contributed by atoms with van der Waals surface area (Å²) in [6.45, 7) is 0. The Bertz CT molecular complexity index is 581. The lowest BCUT2D eigenvalue weighted by atomic mass is 9.94. The van der Waals surface area contributed by atoms with Crippen molar-refractivity contribution < 1.29 is 5.11 Å². The first-order valence-corrected chi connectivity index (χ1v) is 6.19. The van der Waals surface area contributed by atoms with Crippen LogP contribution in [0.2, 0.25) is 0 Å². The quantitative estimate of drug-likeness (QED) is 0.908. The highest BCUT2D eigenvalue weighted by Crippen LogP contribution is 2.20. The number of aliphatic hydroxyl groups excluding tert-OH is 1. The average molecular weight is 289 g/mol. The van der Waals surface area contributed by atoms with Gasteiger partial charge in [0.15, 0.2) is 0 Å². The van der Waals surface area contributed by atoms with Crippen LogP contribution in [-0.4, -0.2) is 11.2 Å². The second kappa shape index (κ2) is 7.66. The van der Waals surface area contributed by atoms with E-state index in [2.05, 4.69) is 6.07 Å². The number of benzene rings is 2. The molecule has 2 aromatic carbocycles. The van der Waals surface area contributed by atoms with Crippen LogP contribution in [0.1, 0.15) is 22.7 Å². The number of nitrogens with zero attached hydrogens (tertiary/aromatic N) is 1. The van der Waals surface area contributed by atoms with Gasteiger partial charge in [-0.2, -0.15) is 5.26 Å². The number of rotatable bonds is 4. The third-order valence-corrected chi connectivity index (χ3v) is 3.14. The minimum Gasteiger partial charge on any atom is -0.391 e. The van der Waals surface area contributed by atoms with E-state index in [0.29, 0.717) is 17.5 Å². The fraction of sp³-hybridized carbons (Fsp3) is 0.188. The van der Waals surface area contributed by atoms with Gasteiger partial charge in [-0.25, -0.2) is 0 Å². The van der Waals surface area contributed by atoms with Gasteiger partial charge in [-0.3, -0.25) is 0 Å². The van der Waals surface area contributed by atoms with Crippen molar-refractivity contribution in [3.8, 4) is 6.07 Å². The van der Waals surface area contributed by atoms with Gasteiger partial charge >= 0.3 is 0 Å². The van der Waals surface area contributed by atoms with Crippen molar-refractivity contribution in [3.05, 3.63) is 71.3 Å². The maximum Gasteiger partial charge on any atom is 0.0995 e. The fourth-order valence-electron chi connectivity index (χ4n) is 2.08. The topological polar surface area (TPSA) is 70.0 Å². The van der Waals surface area contributed by atoms with E-state index in [9.17, 15) is 5.11 Å². The molecule has 0 saturated carbocycles. The molecule has 2 rings (SSSR count). The highest BCUT2D eigenvalue weighted by molar-refractivity contribution is 5.85. The molecule has 3 N–H and O–H groups in total. The SMILES string of the molecule is Cl.N#Cc1ccccc1[C@H](N)[C@H](O)Cc1ccccc1. The van der Waals surface area contributed by atoms with Gasteiger partial charge in [0.1, 0.15) is 0 Å². The van der Waals surface area contributed by atoms with Gasteiger partial charge in [0, 0.05) is 6.42 Å². The van der Waals surface area contributed by atoms with Crippen LogP contribution >= 0.6 is 12.4 Å². The van der Waals surface area contributed by atoms with Gasteiger partial charge in [0.05, 0.1) is 23.8 Å². The lowest BCUT2D eigenvalue weighted by molar-refractivity contribution is 0.145. The zero-order chi connectivity index (χ0) is 13.7. The number of hydrogen-bond donors (Lipinski definition) is 2. The Morgan fingerprint density at radius 1 is 1.05 bits per heavy atom. The van der Waals surface area contributed by atoms with E-state index in [-0.39, 0.29) is 12.4 Å². The maximum atomic E-state index is 10.2. The van der Waals surface area contributed by atoms with Gasteiger partial charge in [0.2, 0.25) is 0 Å². The standard InChI is InChI=1S/C16H16N2O.ClH/c17-11-13-8-4-5-9-14(13)16(18)15(19)10-12-6-2-1-3-7-12;/h1-9,15-16,19H,10,18H2;1H/t15-,16+;/m1./s1. The van der Waals surface area contributed by atoms with E-state index in [1.54, 1.807) is 18.2 Å². The second-order valence-electron chi connectivity index (χ2n) is 4.48. The third kappa shape index (κ3) is 3.82. The highest BCUT2D eigenvalue weighted by atomic mass is 35.5. The molecule has 3 nitrogen and oxygen atoms in total. The summed E-state index contributed by atoms with van der Waals surface area (Å²) in [4.78, 5) is 0. The third-order valence-electron chi connectivity index (χ3n) is 3.14. The molecule has 0 spiro atoms. The largest absolute Gasteiger partial charge is 0.391 e. The summed E-state index contributed by atoms with van der Waals surface area (Å²) in [6.07, 6.45) is -0.237. The number of nitrogens with two attached hydrogens (primary N) is 1. The summed E-state index contributed by atoms with van der Waals surface area (Å²) in [7, 11) is 0. The van der Waals surface area contributed by atoms with Crippen molar-refractivity contribution in [2.24, 2.45) is 5.73 Å². The minimum atomic E-state index is -0.711. The van der Waals surface area contributed by atoms with Crippen LogP contribution in [0.3, 0.4) is 0 Å². The molecule has 2 atom stereocenters. The Balaban J connectivity index is 0.00000200. The fourth-order valence-corrected chi connectivity index (χ4v) is 2.08. The number of hydrogen-bond acceptors (Lipinski definition) is 3. The maximum absolute atomic E-state index is 10.2. The predicted octanol–water partition coefficient (Wildman–Crippen LogP) is 2.58. The lowest BCUT2D eigenvalue weighted by Crippen LogP contribution is -2.28. The average Bonchev–Trinajstić information content (AvgIpc) is 2.47. The molecule has 0 unspecified atom stereocenters. The molecule has 2 aromatic rings. The molecular weight excluding hydrogens is 272 g/mol. The first-order chi connectivity index (χ1) is 9.22. The van der Waals surface area contributed by atoms with Gasteiger partial charge in [-0.1, -0.05) is 48.5 Å². The first-order valence-electron chi connectivity index (χ1n) is 6.19. The highest BCUT2D eigenvalue weighted by Gasteiger charge is 2.19. The summed E-state index contributed by atoms with van der Waals surface area (Å²) in [6, 6.07) is 18.3. The molecule has 0 radical (unpaired) electrons. The Hall–Kier alpha value is -1.86. The summed E-state index contributed by atoms with van der Waals surface area (Å²) in [5.41, 5.74) is 8.29. The molecule has 0 aromatic heterocycles. The molecule has 0 aliphatic heterocycles. The molecule has 0 bridgehead atoms. The van der Waals surface area contributed by atoms with Crippen molar-refractivity contribution in [2.75, 3.05) is 0 Å². The van der Waals surface area contributed by atoms with Crippen LogP contribution in [0.4, 0.5) is 0 Å². The van der Waals surface area contributed by atoms with Gasteiger partial charge < -0.3 is 10.8 Å². The molecule has 0 heterocycles. The lowest BCUT2D eigenvalue weighted by Gasteiger charge is -2.20. The smallest absolute Gasteiger partial charge is 0.0995 e. The Morgan fingerprint density at radius 2 is 1.65 bits per heavy atom. The van der Waals surface area contributed by atoms with Crippen molar-refractivity contribution in [2.45, 2.75) is 18.6 Å². The van der Waals surface area contributed by atoms with Crippen LogP contribution in [0.5, 0.6) is 0 Å². The number of aliphatic hydroxyl groups is 1. The number of nitriles is 1. The monoisotopic (exact) mass is 288 g/mol. The van der Waals surface area contributed by atoms with E-state index in [0.717, 1.165) is 5.56 Å².